The molecule has 0 atom stereocenters. The minimum absolute atomic E-state index is 0.00667. The van der Waals surface area contributed by atoms with Crippen molar-refractivity contribution in [3.8, 4) is 0 Å². The molecule has 0 heterocycles. The number of halogens is 2. The Bertz CT molecular complexity index is 661. The molecule has 0 fully saturated rings. The molecular formula is C18H20ClFN2O. The second-order valence-corrected chi connectivity index (χ2v) is 6.07. The molecule has 0 aromatic heterocycles. The highest BCUT2D eigenvalue weighted by Gasteiger charge is 2.15. The zero-order valence-electron chi connectivity index (χ0n) is 13.2. The number of carbonyl (C=O) groups is 1. The molecule has 0 saturated carbocycles. The molecule has 5 heteroatoms. The first-order valence-electron chi connectivity index (χ1n) is 7.48. The van der Waals surface area contributed by atoms with Crippen LogP contribution >= 0.6 is 11.6 Å². The van der Waals surface area contributed by atoms with Gasteiger partial charge in [-0.05, 0) is 37.6 Å². The van der Waals surface area contributed by atoms with Crippen molar-refractivity contribution >= 4 is 23.2 Å². The summed E-state index contributed by atoms with van der Waals surface area (Å²) in [6.45, 7) is 5.04. The van der Waals surface area contributed by atoms with E-state index in [1.54, 1.807) is 0 Å². The van der Waals surface area contributed by atoms with E-state index in [-0.39, 0.29) is 23.5 Å². The zero-order valence-corrected chi connectivity index (χ0v) is 14.0. The van der Waals surface area contributed by atoms with E-state index >= 15 is 0 Å². The standard InChI is InChI=1S/C18H20ClFN2O/c1-13(2)22(11-14-6-4-3-5-7-14)12-18(23)21-15-8-9-17(20)16(19)10-15/h3-10,13H,11-12H2,1-2H3,(H,21,23). The van der Waals surface area contributed by atoms with E-state index in [0.29, 0.717) is 12.2 Å². The Kier molecular flexibility index (Phi) is 6.13. The van der Waals surface area contributed by atoms with Gasteiger partial charge in [-0.1, -0.05) is 41.9 Å². The molecule has 3 nitrogen and oxygen atoms in total. The summed E-state index contributed by atoms with van der Waals surface area (Å²) in [5, 5.41) is 2.74. The lowest BCUT2D eigenvalue weighted by molar-refractivity contribution is -0.117. The smallest absolute Gasteiger partial charge is 0.238 e. The molecule has 0 aliphatic rings. The Hall–Kier alpha value is -1.91. The fourth-order valence-electron chi connectivity index (χ4n) is 2.20. The fraction of sp³-hybridized carbons (Fsp3) is 0.278. The third kappa shape index (κ3) is 5.34. The van der Waals surface area contributed by atoms with Gasteiger partial charge in [-0.2, -0.15) is 0 Å². The van der Waals surface area contributed by atoms with Crippen molar-refractivity contribution in [2.75, 3.05) is 11.9 Å². The van der Waals surface area contributed by atoms with Crippen molar-refractivity contribution in [1.82, 2.24) is 4.90 Å². The fourth-order valence-corrected chi connectivity index (χ4v) is 2.38. The molecule has 1 N–H and O–H groups in total. The maximum absolute atomic E-state index is 13.1. The molecule has 2 aromatic rings. The molecule has 2 aromatic carbocycles. The van der Waals surface area contributed by atoms with Crippen LogP contribution in [0.2, 0.25) is 5.02 Å². The second kappa shape index (κ2) is 8.09. The Morgan fingerprint density at radius 1 is 1.22 bits per heavy atom. The van der Waals surface area contributed by atoms with Crippen LogP contribution in [0.3, 0.4) is 0 Å². The topological polar surface area (TPSA) is 32.3 Å². The first kappa shape index (κ1) is 17.4. The predicted molar refractivity (Wildman–Crippen MR) is 92.0 cm³/mol. The number of amides is 1. The first-order valence-corrected chi connectivity index (χ1v) is 7.86. The SMILES string of the molecule is CC(C)N(CC(=O)Nc1ccc(F)c(Cl)c1)Cc1ccccc1. The predicted octanol–water partition coefficient (Wildman–Crippen LogP) is 4.33. The molecule has 0 aliphatic carbocycles. The number of hydrogen-bond acceptors (Lipinski definition) is 2. The summed E-state index contributed by atoms with van der Waals surface area (Å²) in [6, 6.07) is 14.4. The highest BCUT2D eigenvalue weighted by atomic mass is 35.5. The number of nitrogens with one attached hydrogen (secondary N) is 1. The Morgan fingerprint density at radius 2 is 1.91 bits per heavy atom. The van der Waals surface area contributed by atoms with Crippen LogP contribution in [-0.4, -0.2) is 23.4 Å². The lowest BCUT2D eigenvalue weighted by Gasteiger charge is -2.26. The van der Waals surface area contributed by atoms with Gasteiger partial charge in [0.1, 0.15) is 5.82 Å². The van der Waals surface area contributed by atoms with Gasteiger partial charge in [-0.3, -0.25) is 9.69 Å². The van der Waals surface area contributed by atoms with Crippen LogP contribution in [0.25, 0.3) is 0 Å². The molecule has 0 radical (unpaired) electrons. The second-order valence-electron chi connectivity index (χ2n) is 5.66. The maximum atomic E-state index is 13.1. The summed E-state index contributed by atoms with van der Waals surface area (Å²) in [6.07, 6.45) is 0. The van der Waals surface area contributed by atoms with Crippen molar-refractivity contribution in [2.45, 2.75) is 26.4 Å². The van der Waals surface area contributed by atoms with Crippen molar-refractivity contribution in [3.05, 3.63) is 64.9 Å². The third-order valence-corrected chi connectivity index (χ3v) is 3.80. The number of anilines is 1. The van der Waals surface area contributed by atoms with Crippen LogP contribution in [0, 0.1) is 5.82 Å². The van der Waals surface area contributed by atoms with Gasteiger partial charge >= 0.3 is 0 Å². The summed E-state index contributed by atoms with van der Waals surface area (Å²) in [7, 11) is 0. The van der Waals surface area contributed by atoms with Gasteiger partial charge in [0.25, 0.3) is 0 Å². The van der Waals surface area contributed by atoms with Gasteiger partial charge in [0.05, 0.1) is 11.6 Å². The summed E-state index contributed by atoms with van der Waals surface area (Å²) < 4.78 is 13.1. The van der Waals surface area contributed by atoms with Crippen molar-refractivity contribution in [3.63, 3.8) is 0 Å². The number of hydrogen-bond donors (Lipinski definition) is 1. The van der Waals surface area contributed by atoms with Crippen LogP contribution in [0.15, 0.2) is 48.5 Å². The van der Waals surface area contributed by atoms with Crippen LogP contribution in [0.1, 0.15) is 19.4 Å². The quantitative estimate of drug-likeness (QED) is 0.852. The Balaban J connectivity index is 1.99. The highest BCUT2D eigenvalue weighted by molar-refractivity contribution is 6.31. The number of benzene rings is 2. The third-order valence-electron chi connectivity index (χ3n) is 3.51. The summed E-state index contributed by atoms with van der Waals surface area (Å²) >= 11 is 5.72. The lowest BCUT2D eigenvalue weighted by atomic mass is 10.2. The van der Waals surface area contributed by atoms with Gasteiger partial charge in [0.15, 0.2) is 0 Å². The van der Waals surface area contributed by atoms with E-state index in [1.165, 1.54) is 18.2 Å². The highest BCUT2D eigenvalue weighted by Crippen LogP contribution is 2.19. The molecule has 0 bridgehead atoms. The van der Waals surface area contributed by atoms with E-state index in [4.69, 9.17) is 11.6 Å². The molecule has 122 valence electrons. The van der Waals surface area contributed by atoms with Crippen LogP contribution < -0.4 is 5.32 Å². The minimum atomic E-state index is -0.502. The van der Waals surface area contributed by atoms with E-state index in [1.807, 2.05) is 44.2 Å². The van der Waals surface area contributed by atoms with E-state index < -0.39 is 5.82 Å². The molecule has 0 spiro atoms. The van der Waals surface area contributed by atoms with Gasteiger partial charge in [0, 0.05) is 18.3 Å². The van der Waals surface area contributed by atoms with Crippen LogP contribution in [-0.2, 0) is 11.3 Å². The minimum Gasteiger partial charge on any atom is -0.325 e. The molecule has 0 unspecified atom stereocenters. The molecule has 2 rings (SSSR count). The Morgan fingerprint density at radius 3 is 2.52 bits per heavy atom. The van der Waals surface area contributed by atoms with Gasteiger partial charge in [0.2, 0.25) is 5.91 Å². The molecule has 0 saturated heterocycles. The molecule has 1 amide bonds. The van der Waals surface area contributed by atoms with E-state index in [0.717, 1.165) is 5.56 Å². The van der Waals surface area contributed by atoms with E-state index in [9.17, 15) is 9.18 Å². The number of carbonyl (C=O) groups excluding carboxylic acids is 1. The van der Waals surface area contributed by atoms with Gasteiger partial charge < -0.3 is 5.32 Å². The summed E-state index contributed by atoms with van der Waals surface area (Å²) in [4.78, 5) is 14.3. The van der Waals surface area contributed by atoms with Gasteiger partial charge in [-0.25, -0.2) is 4.39 Å². The monoisotopic (exact) mass is 334 g/mol. The lowest BCUT2D eigenvalue weighted by Crippen LogP contribution is -2.37. The van der Waals surface area contributed by atoms with E-state index in [2.05, 4.69) is 10.2 Å². The summed E-state index contributed by atoms with van der Waals surface area (Å²) in [5.74, 6) is -0.658. The van der Waals surface area contributed by atoms with Crippen LogP contribution in [0.4, 0.5) is 10.1 Å². The summed E-state index contributed by atoms with van der Waals surface area (Å²) in [5.41, 5.74) is 1.64. The van der Waals surface area contributed by atoms with Crippen molar-refractivity contribution < 1.29 is 9.18 Å². The average Bonchev–Trinajstić information content (AvgIpc) is 2.51. The normalized spacial score (nSPS) is 11.0. The molecular weight excluding hydrogens is 315 g/mol. The maximum Gasteiger partial charge on any atom is 0.238 e. The molecule has 23 heavy (non-hydrogen) atoms. The number of rotatable bonds is 6. The molecule has 0 aliphatic heterocycles. The van der Waals surface area contributed by atoms with Crippen LogP contribution in [0.5, 0.6) is 0 Å². The number of nitrogens with zero attached hydrogens (tertiary/aromatic N) is 1. The zero-order chi connectivity index (χ0) is 16.8. The first-order chi connectivity index (χ1) is 11.0. The Labute approximate surface area is 141 Å². The average molecular weight is 335 g/mol. The van der Waals surface area contributed by atoms with Gasteiger partial charge in [-0.15, -0.1) is 0 Å². The largest absolute Gasteiger partial charge is 0.325 e. The van der Waals surface area contributed by atoms with Crippen molar-refractivity contribution in [1.29, 1.82) is 0 Å². The van der Waals surface area contributed by atoms with Crippen molar-refractivity contribution in [2.24, 2.45) is 0 Å².